The lowest BCUT2D eigenvalue weighted by molar-refractivity contribution is 0.0954. The molecule has 0 unspecified atom stereocenters. The molecule has 0 saturated heterocycles. The highest BCUT2D eigenvalue weighted by atomic mass is 35.5. The fourth-order valence-corrected chi connectivity index (χ4v) is 3.27. The molecule has 0 bridgehead atoms. The third kappa shape index (κ3) is 5.31. The van der Waals surface area contributed by atoms with E-state index in [2.05, 4.69) is 10.4 Å². The van der Waals surface area contributed by atoms with Gasteiger partial charge in [0.1, 0.15) is 11.4 Å². The zero-order chi connectivity index (χ0) is 21.9. The molecule has 2 N–H and O–H groups in total. The Morgan fingerprint density at radius 1 is 1.23 bits per heavy atom. The van der Waals surface area contributed by atoms with E-state index in [0.29, 0.717) is 16.3 Å². The molecule has 1 heterocycles. The van der Waals surface area contributed by atoms with Crippen molar-refractivity contribution in [3.05, 3.63) is 81.4 Å². The van der Waals surface area contributed by atoms with Crippen LogP contribution in [-0.4, -0.2) is 38.4 Å². The van der Waals surface area contributed by atoms with E-state index in [-0.39, 0.29) is 23.5 Å². The van der Waals surface area contributed by atoms with Gasteiger partial charge in [0, 0.05) is 38.9 Å². The number of nitrogens with zero attached hydrogens (tertiary/aromatic N) is 2. The van der Waals surface area contributed by atoms with Gasteiger partial charge in [0.05, 0.1) is 11.4 Å². The van der Waals surface area contributed by atoms with Crippen LogP contribution in [0.25, 0.3) is 16.9 Å². The molecule has 0 aliphatic rings. The first-order valence-electron chi connectivity index (χ1n) is 8.80. The van der Waals surface area contributed by atoms with Crippen molar-refractivity contribution in [3.63, 3.8) is 0 Å². The van der Waals surface area contributed by atoms with Crippen molar-refractivity contribution in [2.75, 3.05) is 18.6 Å². The van der Waals surface area contributed by atoms with Crippen molar-refractivity contribution in [2.45, 2.75) is 0 Å². The standard InChI is InChI=1S/C20H18ClFN4O3S/c1-30(23,29)10-9-24-19(27)17-12-18(13-5-7-14(21)8-6-13)25-26(20(17)28)16-4-2-3-15(22)11-16/h2-8,11-12,23H,9-10H2,1H3,(H,24,27)/t30-/m1/s1. The van der Waals surface area contributed by atoms with Crippen LogP contribution in [0, 0.1) is 10.6 Å². The van der Waals surface area contributed by atoms with Crippen molar-refractivity contribution in [3.8, 4) is 16.9 Å². The molecule has 30 heavy (non-hydrogen) atoms. The number of rotatable bonds is 6. The van der Waals surface area contributed by atoms with E-state index in [1.165, 1.54) is 30.5 Å². The Labute approximate surface area is 177 Å². The van der Waals surface area contributed by atoms with E-state index in [1.54, 1.807) is 24.3 Å². The van der Waals surface area contributed by atoms with Gasteiger partial charge in [0.15, 0.2) is 0 Å². The maximum Gasteiger partial charge on any atom is 0.284 e. The minimum Gasteiger partial charge on any atom is -0.351 e. The molecule has 0 saturated carbocycles. The number of carbonyl (C=O) groups excluding carboxylic acids is 1. The first-order chi connectivity index (χ1) is 14.1. The highest BCUT2D eigenvalue weighted by molar-refractivity contribution is 7.91. The van der Waals surface area contributed by atoms with Crippen LogP contribution in [0.4, 0.5) is 4.39 Å². The van der Waals surface area contributed by atoms with E-state index < -0.39 is 27.0 Å². The second-order valence-electron chi connectivity index (χ2n) is 6.61. The number of carbonyl (C=O) groups is 1. The van der Waals surface area contributed by atoms with Crippen molar-refractivity contribution in [2.24, 2.45) is 0 Å². The molecule has 0 aliphatic heterocycles. The lowest BCUT2D eigenvalue weighted by atomic mass is 10.1. The topological polar surface area (TPSA) is 105 Å². The van der Waals surface area contributed by atoms with Gasteiger partial charge in [0.25, 0.3) is 11.5 Å². The van der Waals surface area contributed by atoms with Gasteiger partial charge >= 0.3 is 0 Å². The molecule has 0 spiro atoms. The number of aromatic nitrogens is 2. The largest absolute Gasteiger partial charge is 0.351 e. The molecule has 1 atom stereocenters. The lowest BCUT2D eigenvalue weighted by Gasteiger charge is -2.11. The zero-order valence-electron chi connectivity index (χ0n) is 15.9. The second kappa shape index (κ2) is 8.76. The minimum atomic E-state index is -2.79. The van der Waals surface area contributed by atoms with Gasteiger partial charge in [-0.2, -0.15) is 9.78 Å². The Bertz CT molecular complexity index is 1260. The molecule has 7 nitrogen and oxygen atoms in total. The first kappa shape index (κ1) is 21.7. The summed E-state index contributed by atoms with van der Waals surface area (Å²) in [5.74, 6) is -1.31. The van der Waals surface area contributed by atoms with E-state index in [0.717, 1.165) is 10.7 Å². The fourth-order valence-electron chi connectivity index (χ4n) is 2.66. The van der Waals surface area contributed by atoms with Gasteiger partial charge in [-0.05, 0) is 36.4 Å². The highest BCUT2D eigenvalue weighted by Gasteiger charge is 2.18. The van der Waals surface area contributed by atoms with E-state index in [9.17, 15) is 18.2 Å². The summed E-state index contributed by atoms with van der Waals surface area (Å²) in [4.78, 5) is 25.6. The third-order valence-corrected chi connectivity index (χ3v) is 5.36. The predicted molar refractivity (Wildman–Crippen MR) is 114 cm³/mol. The molecule has 0 fully saturated rings. The third-order valence-electron chi connectivity index (χ3n) is 4.13. The Balaban J connectivity index is 2.09. The summed E-state index contributed by atoms with van der Waals surface area (Å²) in [5.41, 5.74) is 0.111. The van der Waals surface area contributed by atoms with Crippen molar-refractivity contribution in [1.29, 1.82) is 4.78 Å². The molecular formula is C20H18ClFN4O3S. The highest BCUT2D eigenvalue weighted by Crippen LogP contribution is 2.20. The molecular weight excluding hydrogens is 431 g/mol. The predicted octanol–water partition coefficient (Wildman–Crippen LogP) is 3.10. The summed E-state index contributed by atoms with van der Waals surface area (Å²) in [6, 6.07) is 13.3. The van der Waals surface area contributed by atoms with Crippen LogP contribution < -0.4 is 10.9 Å². The van der Waals surface area contributed by atoms with Crippen LogP contribution in [0.2, 0.25) is 5.02 Å². The Kier molecular flexibility index (Phi) is 6.33. The smallest absolute Gasteiger partial charge is 0.284 e. The molecule has 10 heteroatoms. The summed E-state index contributed by atoms with van der Waals surface area (Å²) >= 11 is 5.92. The average Bonchev–Trinajstić information content (AvgIpc) is 2.68. The van der Waals surface area contributed by atoms with Gasteiger partial charge in [-0.25, -0.2) is 4.39 Å². The van der Waals surface area contributed by atoms with Crippen molar-refractivity contribution in [1.82, 2.24) is 15.1 Å². The molecule has 1 amide bonds. The Hall–Kier alpha value is -3.04. The van der Waals surface area contributed by atoms with Gasteiger partial charge < -0.3 is 5.32 Å². The Morgan fingerprint density at radius 2 is 1.93 bits per heavy atom. The molecule has 0 aliphatic carbocycles. The van der Waals surface area contributed by atoms with Gasteiger partial charge in [0.2, 0.25) is 0 Å². The van der Waals surface area contributed by atoms with E-state index in [4.69, 9.17) is 16.4 Å². The van der Waals surface area contributed by atoms with Gasteiger partial charge in [-0.3, -0.25) is 18.6 Å². The fraction of sp³-hybridized carbons (Fsp3) is 0.150. The Morgan fingerprint density at radius 3 is 2.57 bits per heavy atom. The maximum absolute atomic E-state index is 13.7. The van der Waals surface area contributed by atoms with E-state index >= 15 is 0 Å². The van der Waals surface area contributed by atoms with Gasteiger partial charge in [-0.15, -0.1) is 0 Å². The number of amides is 1. The van der Waals surface area contributed by atoms with Crippen LogP contribution in [-0.2, 0) is 9.73 Å². The van der Waals surface area contributed by atoms with Crippen molar-refractivity contribution >= 4 is 27.2 Å². The molecule has 3 rings (SSSR count). The zero-order valence-corrected chi connectivity index (χ0v) is 17.5. The SMILES string of the molecule is C[S@@](=N)(=O)CCNC(=O)c1cc(-c2ccc(Cl)cc2)nn(-c2cccc(F)c2)c1=O. The number of nitrogens with one attached hydrogen (secondary N) is 2. The molecule has 156 valence electrons. The molecule has 1 aromatic heterocycles. The monoisotopic (exact) mass is 448 g/mol. The van der Waals surface area contributed by atoms with Crippen LogP contribution in [0.15, 0.2) is 59.4 Å². The van der Waals surface area contributed by atoms with Gasteiger partial charge in [-0.1, -0.05) is 29.8 Å². The van der Waals surface area contributed by atoms with Crippen LogP contribution in [0.3, 0.4) is 0 Å². The first-order valence-corrected chi connectivity index (χ1v) is 11.3. The summed E-state index contributed by atoms with van der Waals surface area (Å²) in [5, 5.41) is 7.29. The summed E-state index contributed by atoms with van der Waals surface area (Å²) in [7, 11) is -2.79. The quantitative estimate of drug-likeness (QED) is 0.604. The number of benzene rings is 2. The number of hydrogen-bond acceptors (Lipinski definition) is 5. The maximum atomic E-state index is 13.7. The molecule has 0 radical (unpaired) electrons. The van der Waals surface area contributed by atoms with Crippen molar-refractivity contribution < 1.29 is 13.4 Å². The summed E-state index contributed by atoms with van der Waals surface area (Å²) < 4.78 is 33.6. The average molecular weight is 449 g/mol. The summed E-state index contributed by atoms with van der Waals surface area (Å²) in [6.07, 6.45) is 1.27. The normalized spacial score (nSPS) is 12.9. The summed E-state index contributed by atoms with van der Waals surface area (Å²) in [6.45, 7) is -0.0321. The van der Waals surface area contributed by atoms with E-state index in [1.807, 2.05) is 0 Å². The number of hydrogen-bond donors (Lipinski definition) is 2. The van der Waals surface area contributed by atoms with Crippen LogP contribution in [0.1, 0.15) is 10.4 Å². The van der Waals surface area contributed by atoms with Crippen LogP contribution in [0.5, 0.6) is 0 Å². The minimum absolute atomic E-state index is 0.0321. The molecule has 3 aromatic rings. The number of halogens is 2. The van der Waals surface area contributed by atoms with Crippen LogP contribution >= 0.6 is 11.6 Å². The lowest BCUT2D eigenvalue weighted by Crippen LogP contribution is -2.35. The molecule has 2 aromatic carbocycles. The second-order valence-corrected chi connectivity index (χ2v) is 9.47.